The predicted octanol–water partition coefficient (Wildman–Crippen LogP) is 2.30. The van der Waals surface area contributed by atoms with Gasteiger partial charge in [-0.1, -0.05) is 6.07 Å². The first-order chi connectivity index (χ1) is 16.5. The molecule has 3 aromatic heterocycles. The highest BCUT2D eigenvalue weighted by atomic mass is 16.1. The third kappa shape index (κ3) is 4.09. The maximum atomic E-state index is 12.9. The van der Waals surface area contributed by atoms with Gasteiger partial charge in [-0.05, 0) is 50.4 Å². The van der Waals surface area contributed by atoms with Gasteiger partial charge < -0.3 is 15.1 Å². The van der Waals surface area contributed by atoms with Crippen LogP contribution in [0.5, 0.6) is 0 Å². The number of pyridine rings is 1. The monoisotopic (exact) mass is 455 g/mol. The Hall–Kier alpha value is -4.23. The van der Waals surface area contributed by atoms with Crippen molar-refractivity contribution in [1.29, 1.82) is 5.26 Å². The van der Waals surface area contributed by atoms with E-state index in [-0.39, 0.29) is 12.1 Å². The first-order valence-electron chi connectivity index (χ1n) is 11.1. The van der Waals surface area contributed by atoms with Gasteiger partial charge in [0.05, 0.1) is 6.07 Å². The Kier molecular flexibility index (Phi) is 5.69. The molecule has 0 amide bonds. The zero-order valence-corrected chi connectivity index (χ0v) is 19.1. The zero-order valence-electron chi connectivity index (χ0n) is 19.1. The highest BCUT2D eigenvalue weighted by molar-refractivity contribution is 5.77. The Morgan fingerprint density at radius 3 is 2.53 bits per heavy atom. The number of aromatic nitrogens is 5. The van der Waals surface area contributed by atoms with Crippen molar-refractivity contribution in [2.45, 2.75) is 13.5 Å². The summed E-state index contributed by atoms with van der Waals surface area (Å²) in [4.78, 5) is 31.1. The van der Waals surface area contributed by atoms with Crippen LogP contribution in [0.2, 0.25) is 0 Å². The normalized spacial score (nSPS) is 14.3. The van der Waals surface area contributed by atoms with Crippen molar-refractivity contribution in [2.75, 3.05) is 43.4 Å². The van der Waals surface area contributed by atoms with E-state index >= 15 is 0 Å². The molecule has 4 aromatic rings. The number of nitriles is 1. The lowest BCUT2D eigenvalue weighted by Crippen LogP contribution is -2.44. The van der Waals surface area contributed by atoms with Crippen molar-refractivity contribution in [3.8, 4) is 11.9 Å². The average molecular weight is 456 g/mol. The number of hydrogen-bond donors (Lipinski definition) is 1. The van der Waals surface area contributed by atoms with Gasteiger partial charge in [-0.25, -0.2) is 19.3 Å². The van der Waals surface area contributed by atoms with E-state index in [1.165, 1.54) is 16.6 Å². The van der Waals surface area contributed by atoms with E-state index in [0.29, 0.717) is 22.8 Å². The molecule has 0 aliphatic carbocycles. The number of hydrogen-bond acceptors (Lipinski definition) is 8. The summed E-state index contributed by atoms with van der Waals surface area (Å²) in [6.45, 7) is 5.87. The quantitative estimate of drug-likeness (QED) is 0.488. The largest absolute Gasteiger partial charge is 0.369 e. The molecule has 1 fully saturated rings. The van der Waals surface area contributed by atoms with Gasteiger partial charge in [0, 0.05) is 49.4 Å². The lowest BCUT2D eigenvalue weighted by atomic mass is 10.2. The summed E-state index contributed by atoms with van der Waals surface area (Å²) in [5.74, 6) is 0.874. The molecule has 4 heterocycles. The number of anilines is 3. The zero-order chi connectivity index (χ0) is 23.7. The Bertz CT molecular complexity index is 1420. The Labute approximate surface area is 196 Å². The first kappa shape index (κ1) is 21.6. The molecule has 1 aliphatic rings. The molecule has 0 bridgehead atoms. The summed E-state index contributed by atoms with van der Waals surface area (Å²) in [5, 5.41) is 12.8. The molecule has 0 atom stereocenters. The molecule has 1 aromatic carbocycles. The van der Waals surface area contributed by atoms with Crippen molar-refractivity contribution in [1.82, 2.24) is 29.2 Å². The van der Waals surface area contributed by atoms with Gasteiger partial charge >= 0.3 is 0 Å². The number of nitrogens with zero attached hydrogens (tertiary/aromatic N) is 8. The van der Waals surface area contributed by atoms with E-state index in [1.807, 2.05) is 37.3 Å². The standard InChI is InChI=1S/C24H25N9O/c1-17-4-3-5-21(27-17)33-22-20(23(34)32(33)11-10-25)16-26-24(29-22)28-18-6-8-19(9-7-18)31-14-12-30(2)13-15-31/h3-9,16H,11-15H2,1-2H3,(H,26,28,29). The molecule has 34 heavy (non-hydrogen) atoms. The molecule has 0 unspecified atom stereocenters. The molecule has 1 aliphatic heterocycles. The van der Waals surface area contributed by atoms with Crippen LogP contribution in [0.25, 0.3) is 16.9 Å². The number of aryl methyl sites for hydroxylation is 1. The minimum absolute atomic E-state index is 0.124. The van der Waals surface area contributed by atoms with Gasteiger partial charge in [0.2, 0.25) is 5.95 Å². The molecule has 0 saturated carbocycles. The van der Waals surface area contributed by atoms with Crippen molar-refractivity contribution >= 4 is 28.4 Å². The lowest BCUT2D eigenvalue weighted by Gasteiger charge is -2.34. The van der Waals surface area contributed by atoms with E-state index in [0.717, 1.165) is 37.6 Å². The van der Waals surface area contributed by atoms with Gasteiger partial charge in [0.25, 0.3) is 5.56 Å². The smallest absolute Gasteiger partial charge is 0.279 e. The van der Waals surface area contributed by atoms with Crippen LogP contribution >= 0.6 is 0 Å². The molecular weight excluding hydrogens is 430 g/mol. The molecule has 1 N–H and O–H groups in total. The van der Waals surface area contributed by atoms with E-state index < -0.39 is 0 Å². The average Bonchev–Trinajstić information content (AvgIpc) is 3.11. The second-order valence-electron chi connectivity index (χ2n) is 8.36. The molecule has 0 radical (unpaired) electrons. The number of piperazine rings is 1. The van der Waals surface area contributed by atoms with Crippen LogP contribution in [0.4, 0.5) is 17.3 Å². The van der Waals surface area contributed by atoms with Gasteiger partial charge in [0.1, 0.15) is 11.9 Å². The van der Waals surface area contributed by atoms with Crippen molar-refractivity contribution in [3.63, 3.8) is 0 Å². The van der Waals surface area contributed by atoms with Crippen LogP contribution in [0.3, 0.4) is 0 Å². The number of fused-ring (bicyclic) bond motifs is 1. The Balaban J connectivity index is 1.48. The topological polar surface area (TPSA) is 108 Å². The number of likely N-dealkylation sites (N-methyl/N-ethyl adjacent to an activating group) is 1. The number of benzene rings is 1. The number of nitrogens with one attached hydrogen (secondary N) is 1. The summed E-state index contributed by atoms with van der Waals surface area (Å²) in [5.41, 5.74) is 2.88. The van der Waals surface area contributed by atoms with Crippen LogP contribution in [0.15, 0.2) is 53.5 Å². The van der Waals surface area contributed by atoms with Gasteiger partial charge in [-0.2, -0.15) is 10.2 Å². The molecule has 1 saturated heterocycles. The second-order valence-corrected chi connectivity index (χ2v) is 8.36. The maximum absolute atomic E-state index is 12.9. The van der Waals surface area contributed by atoms with Crippen LogP contribution in [0, 0.1) is 18.3 Å². The first-order valence-corrected chi connectivity index (χ1v) is 11.1. The molecule has 10 nitrogen and oxygen atoms in total. The molecule has 0 spiro atoms. The molecule has 10 heteroatoms. The fourth-order valence-electron chi connectivity index (χ4n) is 4.13. The van der Waals surface area contributed by atoms with E-state index in [1.54, 1.807) is 10.7 Å². The fourth-order valence-corrected chi connectivity index (χ4v) is 4.13. The fraction of sp³-hybridized carbons (Fsp3) is 0.292. The Morgan fingerprint density at radius 2 is 1.82 bits per heavy atom. The van der Waals surface area contributed by atoms with Gasteiger partial charge in [-0.3, -0.25) is 4.79 Å². The van der Waals surface area contributed by atoms with Crippen LogP contribution in [-0.2, 0) is 6.54 Å². The van der Waals surface area contributed by atoms with Crippen molar-refractivity contribution in [2.24, 2.45) is 0 Å². The molecule has 172 valence electrons. The van der Waals surface area contributed by atoms with Crippen molar-refractivity contribution in [3.05, 3.63) is 64.7 Å². The van der Waals surface area contributed by atoms with Gasteiger partial charge in [-0.15, -0.1) is 0 Å². The summed E-state index contributed by atoms with van der Waals surface area (Å²) in [6.07, 6.45) is 1.49. The Morgan fingerprint density at radius 1 is 1.06 bits per heavy atom. The van der Waals surface area contributed by atoms with Crippen LogP contribution in [0.1, 0.15) is 5.69 Å². The van der Waals surface area contributed by atoms with Gasteiger partial charge in [0.15, 0.2) is 11.5 Å². The van der Waals surface area contributed by atoms with E-state index in [4.69, 9.17) is 0 Å². The highest BCUT2D eigenvalue weighted by Crippen LogP contribution is 2.22. The van der Waals surface area contributed by atoms with Crippen molar-refractivity contribution < 1.29 is 0 Å². The summed E-state index contributed by atoms with van der Waals surface area (Å²) < 4.78 is 2.91. The maximum Gasteiger partial charge on any atom is 0.279 e. The predicted molar refractivity (Wildman–Crippen MR) is 131 cm³/mol. The molecule has 5 rings (SSSR count). The summed E-state index contributed by atoms with van der Waals surface area (Å²) >= 11 is 0. The minimum Gasteiger partial charge on any atom is -0.369 e. The summed E-state index contributed by atoms with van der Waals surface area (Å²) in [7, 11) is 2.14. The number of rotatable bonds is 5. The highest BCUT2D eigenvalue weighted by Gasteiger charge is 2.18. The van der Waals surface area contributed by atoms with Crippen LogP contribution in [-0.4, -0.2) is 62.4 Å². The lowest BCUT2D eigenvalue weighted by molar-refractivity contribution is 0.313. The van der Waals surface area contributed by atoms with Crippen LogP contribution < -0.4 is 15.8 Å². The molecular formula is C24H25N9O. The third-order valence-electron chi connectivity index (χ3n) is 5.98. The minimum atomic E-state index is -0.331. The second kappa shape index (κ2) is 8.96. The summed E-state index contributed by atoms with van der Waals surface area (Å²) in [6, 6.07) is 15.7. The third-order valence-corrected chi connectivity index (χ3v) is 5.98. The van der Waals surface area contributed by atoms with E-state index in [2.05, 4.69) is 49.2 Å². The van der Waals surface area contributed by atoms with E-state index in [9.17, 15) is 10.1 Å². The SMILES string of the molecule is Cc1cccc(-n2c3nc(Nc4ccc(N5CCN(C)CC5)cc4)ncc3c(=O)n2CC#N)n1.